The minimum Gasteiger partial charge on any atom is -0.477 e. The van der Waals surface area contributed by atoms with Gasteiger partial charge >= 0.3 is 5.97 Å². The van der Waals surface area contributed by atoms with Crippen LogP contribution in [0.15, 0.2) is 11.1 Å². The second kappa shape index (κ2) is 2.50. The van der Waals surface area contributed by atoms with Gasteiger partial charge in [-0.05, 0) is 0 Å². The van der Waals surface area contributed by atoms with Crippen LogP contribution in [-0.4, -0.2) is 32.1 Å². The Morgan fingerprint density at radius 3 is 3.00 bits per heavy atom. The number of alkyl halides is 1. The van der Waals surface area contributed by atoms with Crippen LogP contribution in [0.5, 0.6) is 0 Å². The molecule has 2 aliphatic rings. The first-order valence-electron chi connectivity index (χ1n) is 3.19. The van der Waals surface area contributed by atoms with E-state index in [2.05, 4.69) is 15.9 Å². The molecule has 1 amide bonds. The Labute approximate surface area is 80.7 Å². The summed E-state index contributed by atoms with van der Waals surface area (Å²) in [7, 11) is 0. The first kappa shape index (κ1) is 8.12. The van der Waals surface area contributed by atoms with Crippen LogP contribution < -0.4 is 0 Å². The van der Waals surface area contributed by atoms with Gasteiger partial charge in [-0.25, -0.2) is 4.79 Å². The average Bonchev–Trinajstić information content (AvgIpc) is 2.43. The van der Waals surface area contributed by atoms with E-state index in [0.717, 1.165) is 0 Å². The number of hydrogen-bond donors (Lipinski definition) is 1. The lowest BCUT2D eigenvalue weighted by Gasteiger charge is -2.38. The summed E-state index contributed by atoms with van der Waals surface area (Å²) in [5.41, 5.74) is 0.0886. The largest absolute Gasteiger partial charge is 0.477 e. The summed E-state index contributed by atoms with van der Waals surface area (Å²) in [4.78, 5) is 22.7. The van der Waals surface area contributed by atoms with Crippen molar-refractivity contribution in [3.63, 3.8) is 0 Å². The zero-order valence-corrected chi connectivity index (χ0v) is 8.13. The molecule has 0 saturated carbocycles. The number of carbonyl (C=O) groups is 2. The maximum Gasteiger partial charge on any atom is 0.353 e. The van der Waals surface area contributed by atoms with Gasteiger partial charge in [0, 0.05) is 5.41 Å². The first-order chi connectivity index (χ1) is 5.63. The Morgan fingerprint density at radius 2 is 2.42 bits per heavy atom. The highest BCUT2D eigenvalue weighted by Crippen LogP contribution is 2.44. The van der Waals surface area contributed by atoms with Crippen molar-refractivity contribution in [3.05, 3.63) is 11.1 Å². The molecule has 4 nitrogen and oxygen atoms in total. The molecule has 2 aliphatic heterocycles. The molecule has 1 fully saturated rings. The van der Waals surface area contributed by atoms with Crippen LogP contribution in [0.1, 0.15) is 0 Å². The van der Waals surface area contributed by atoms with E-state index in [9.17, 15) is 9.59 Å². The van der Waals surface area contributed by atoms with Gasteiger partial charge in [0.25, 0.3) is 0 Å². The number of aliphatic carboxylic acids is 1. The standard InChI is InChI=1S/C6H4BrNO3S/c7-3-4(9)8-2(6(10)11)1-12-5(3)8/h1,3,5H,(H,10,11)/t3?,5-/m0/s1. The van der Waals surface area contributed by atoms with Crippen LogP contribution in [0.2, 0.25) is 0 Å². The van der Waals surface area contributed by atoms with Gasteiger partial charge in [-0.2, -0.15) is 0 Å². The van der Waals surface area contributed by atoms with E-state index in [4.69, 9.17) is 5.11 Å². The number of hydrogen-bond acceptors (Lipinski definition) is 3. The Kier molecular flexibility index (Phi) is 1.69. The number of rotatable bonds is 1. The fraction of sp³-hybridized carbons (Fsp3) is 0.333. The molecular weight excluding hydrogens is 246 g/mol. The van der Waals surface area contributed by atoms with Gasteiger partial charge in [-0.15, -0.1) is 11.8 Å². The molecule has 0 aromatic carbocycles. The second-order valence-corrected chi connectivity index (χ2v) is 4.42. The number of amides is 1. The summed E-state index contributed by atoms with van der Waals surface area (Å²) in [6, 6.07) is 0. The number of carboxylic acid groups (broad SMARTS) is 1. The zero-order chi connectivity index (χ0) is 8.88. The third-order valence-corrected chi connectivity index (χ3v) is 4.14. The lowest BCUT2D eigenvalue weighted by Crippen LogP contribution is -2.58. The molecule has 6 heteroatoms. The Bertz CT molecular complexity index is 303. The van der Waals surface area contributed by atoms with Crippen molar-refractivity contribution >= 4 is 39.6 Å². The highest BCUT2D eigenvalue weighted by Gasteiger charge is 2.52. The van der Waals surface area contributed by atoms with Gasteiger partial charge in [0.2, 0.25) is 5.91 Å². The third kappa shape index (κ3) is 0.847. The molecule has 1 unspecified atom stereocenters. The number of nitrogens with zero attached hydrogens (tertiary/aromatic N) is 1. The molecule has 1 N–H and O–H groups in total. The van der Waals surface area contributed by atoms with Crippen LogP contribution in [0, 0.1) is 0 Å². The molecule has 0 aromatic heterocycles. The van der Waals surface area contributed by atoms with Crippen molar-refractivity contribution in [2.24, 2.45) is 0 Å². The summed E-state index contributed by atoms with van der Waals surface area (Å²) in [5.74, 6) is -1.21. The fourth-order valence-electron chi connectivity index (χ4n) is 1.16. The highest BCUT2D eigenvalue weighted by molar-refractivity contribution is 9.10. The van der Waals surface area contributed by atoms with Crippen LogP contribution in [-0.2, 0) is 9.59 Å². The molecule has 2 atom stereocenters. The Hall–Kier alpha value is -0.490. The van der Waals surface area contributed by atoms with Gasteiger partial charge in [-0.1, -0.05) is 15.9 Å². The van der Waals surface area contributed by atoms with Crippen molar-refractivity contribution in [1.29, 1.82) is 0 Å². The fourth-order valence-corrected chi connectivity index (χ4v) is 3.07. The van der Waals surface area contributed by atoms with E-state index in [1.807, 2.05) is 0 Å². The summed E-state index contributed by atoms with van der Waals surface area (Å²) >= 11 is 4.53. The van der Waals surface area contributed by atoms with Gasteiger partial charge in [0.05, 0.1) is 0 Å². The van der Waals surface area contributed by atoms with Crippen LogP contribution >= 0.6 is 27.7 Å². The predicted octanol–water partition coefficient (Wildman–Crippen LogP) is 0.591. The number of carboxylic acids is 1. The van der Waals surface area contributed by atoms with E-state index in [1.165, 1.54) is 22.1 Å². The summed E-state index contributed by atoms with van der Waals surface area (Å²) < 4.78 is 0. The Morgan fingerprint density at radius 1 is 1.75 bits per heavy atom. The normalized spacial score (nSPS) is 32.6. The number of carbonyl (C=O) groups excluding carboxylic acids is 1. The van der Waals surface area contributed by atoms with Gasteiger partial charge in [0.15, 0.2) is 0 Å². The average molecular weight is 250 g/mol. The van der Waals surface area contributed by atoms with Crippen molar-refractivity contribution < 1.29 is 14.7 Å². The minimum absolute atomic E-state index is 0.0522. The predicted molar refractivity (Wildman–Crippen MR) is 46.7 cm³/mol. The molecule has 0 spiro atoms. The number of thioether (sulfide) groups is 1. The van der Waals surface area contributed by atoms with Crippen molar-refractivity contribution in [3.8, 4) is 0 Å². The van der Waals surface area contributed by atoms with Crippen LogP contribution in [0.25, 0.3) is 0 Å². The topological polar surface area (TPSA) is 57.6 Å². The van der Waals surface area contributed by atoms with E-state index in [1.54, 1.807) is 0 Å². The molecular formula is C6H4BrNO3S. The molecule has 64 valence electrons. The summed E-state index contributed by atoms with van der Waals surface area (Å²) in [6.45, 7) is 0. The number of fused-ring (bicyclic) bond motifs is 1. The molecule has 2 heterocycles. The number of β-lactam (4-membered cyclic amide) rings is 1. The molecule has 1 saturated heterocycles. The third-order valence-electron chi connectivity index (χ3n) is 1.78. The van der Waals surface area contributed by atoms with Crippen LogP contribution in [0.4, 0.5) is 0 Å². The lowest BCUT2D eigenvalue weighted by atomic mass is 10.2. The summed E-state index contributed by atoms with van der Waals surface area (Å²) in [6.07, 6.45) is 0. The molecule has 0 bridgehead atoms. The monoisotopic (exact) mass is 249 g/mol. The molecule has 0 radical (unpaired) electrons. The van der Waals surface area contributed by atoms with Gasteiger partial charge < -0.3 is 5.11 Å². The van der Waals surface area contributed by atoms with Crippen molar-refractivity contribution in [1.82, 2.24) is 4.90 Å². The van der Waals surface area contributed by atoms with E-state index in [0.29, 0.717) is 0 Å². The van der Waals surface area contributed by atoms with E-state index in [-0.39, 0.29) is 21.8 Å². The molecule has 12 heavy (non-hydrogen) atoms. The number of halogens is 1. The highest BCUT2D eigenvalue weighted by atomic mass is 79.9. The van der Waals surface area contributed by atoms with Crippen molar-refractivity contribution in [2.45, 2.75) is 10.2 Å². The van der Waals surface area contributed by atoms with Crippen LogP contribution in [0.3, 0.4) is 0 Å². The lowest BCUT2D eigenvalue weighted by molar-refractivity contribution is -0.144. The summed E-state index contributed by atoms with van der Waals surface area (Å²) in [5, 5.41) is 10.1. The van der Waals surface area contributed by atoms with Crippen molar-refractivity contribution in [2.75, 3.05) is 0 Å². The van der Waals surface area contributed by atoms with E-state index >= 15 is 0 Å². The first-order valence-corrected chi connectivity index (χ1v) is 5.05. The van der Waals surface area contributed by atoms with Gasteiger partial charge in [-0.3, -0.25) is 9.69 Å². The second-order valence-electron chi connectivity index (χ2n) is 2.44. The smallest absolute Gasteiger partial charge is 0.353 e. The maximum atomic E-state index is 11.1. The van der Waals surface area contributed by atoms with Gasteiger partial charge in [0.1, 0.15) is 15.9 Å². The molecule has 0 aliphatic carbocycles. The SMILES string of the molecule is O=C(O)C1=CS[C@H]2C(Br)C(=O)N12. The quantitative estimate of drug-likeness (QED) is 0.546. The zero-order valence-electron chi connectivity index (χ0n) is 5.73. The minimum atomic E-state index is -1.04. The Balaban J connectivity index is 2.23. The maximum absolute atomic E-state index is 11.1. The molecule has 0 aromatic rings. The van der Waals surface area contributed by atoms with E-state index < -0.39 is 5.97 Å². The molecule has 2 rings (SSSR count).